The molecule has 0 atom stereocenters. The first-order valence-electron chi connectivity index (χ1n) is 6.92. The Labute approximate surface area is 115 Å². The first-order chi connectivity index (χ1) is 9.29. The third kappa shape index (κ3) is 4.49. The number of hydrogen-bond donors (Lipinski definition) is 1. The van der Waals surface area contributed by atoms with Crippen LogP contribution in [0, 0.1) is 0 Å². The van der Waals surface area contributed by atoms with Gasteiger partial charge in [0, 0.05) is 39.7 Å². The van der Waals surface area contributed by atoms with Crippen LogP contribution >= 0.6 is 0 Å². The quantitative estimate of drug-likeness (QED) is 0.717. The van der Waals surface area contributed by atoms with Crippen LogP contribution in [0.25, 0.3) is 0 Å². The maximum absolute atomic E-state index is 5.53. The van der Waals surface area contributed by atoms with E-state index in [0.29, 0.717) is 0 Å². The van der Waals surface area contributed by atoms with E-state index in [1.165, 1.54) is 11.1 Å². The van der Waals surface area contributed by atoms with Gasteiger partial charge in [0.25, 0.3) is 0 Å². The monoisotopic (exact) mass is 264 g/mol. The predicted octanol–water partition coefficient (Wildman–Crippen LogP) is 1.29. The van der Waals surface area contributed by atoms with Gasteiger partial charge in [0.05, 0.1) is 13.2 Å². The van der Waals surface area contributed by atoms with Crippen molar-refractivity contribution in [2.75, 3.05) is 47.0 Å². The summed E-state index contributed by atoms with van der Waals surface area (Å²) in [4.78, 5) is 2.33. The topological polar surface area (TPSA) is 33.7 Å². The van der Waals surface area contributed by atoms with Gasteiger partial charge in [-0.05, 0) is 24.2 Å². The molecule has 1 aromatic rings. The SMILES string of the molecule is COCCNCCN(C)Cc1ccc2c(c1)CCO2. The molecule has 0 radical (unpaired) electrons. The van der Waals surface area contributed by atoms with Crippen molar-refractivity contribution in [1.82, 2.24) is 10.2 Å². The summed E-state index contributed by atoms with van der Waals surface area (Å²) in [7, 11) is 3.88. The highest BCUT2D eigenvalue weighted by Crippen LogP contribution is 2.26. The van der Waals surface area contributed by atoms with Gasteiger partial charge in [-0.25, -0.2) is 0 Å². The van der Waals surface area contributed by atoms with Crippen LogP contribution in [0.2, 0.25) is 0 Å². The summed E-state index contributed by atoms with van der Waals surface area (Å²) < 4.78 is 10.5. The van der Waals surface area contributed by atoms with E-state index in [4.69, 9.17) is 9.47 Å². The minimum atomic E-state index is 0.772. The van der Waals surface area contributed by atoms with Crippen LogP contribution in [0.1, 0.15) is 11.1 Å². The molecular weight excluding hydrogens is 240 g/mol. The third-order valence-corrected chi connectivity index (χ3v) is 3.36. The van der Waals surface area contributed by atoms with Gasteiger partial charge < -0.3 is 19.7 Å². The second-order valence-electron chi connectivity index (χ2n) is 5.02. The van der Waals surface area contributed by atoms with E-state index in [2.05, 4.69) is 35.5 Å². The normalized spacial score (nSPS) is 13.6. The number of nitrogens with zero attached hydrogens (tertiary/aromatic N) is 1. The van der Waals surface area contributed by atoms with Gasteiger partial charge in [0.15, 0.2) is 0 Å². The minimum absolute atomic E-state index is 0.772. The van der Waals surface area contributed by atoms with E-state index in [1.54, 1.807) is 7.11 Å². The van der Waals surface area contributed by atoms with Gasteiger partial charge in [-0.2, -0.15) is 0 Å². The molecule has 0 bridgehead atoms. The molecule has 4 nitrogen and oxygen atoms in total. The highest BCUT2D eigenvalue weighted by molar-refractivity contribution is 5.39. The van der Waals surface area contributed by atoms with Crippen molar-refractivity contribution in [3.8, 4) is 5.75 Å². The van der Waals surface area contributed by atoms with Crippen molar-refractivity contribution in [2.24, 2.45) is 0 Å². The van der Waals surface area contributed by atoms with Crippen LogP contribution in [0.4, 0.5) is 0 Å². The number of fused-ring (bicyclic) bond motifs is 1. The molecule has 2 rings (SSSR count). The van der Waals surface area contributed by atoms with E-state index in [9.17, 15) is 0 Å². The van der Waals surface area contributed by atoms with Gasteiger partial charge in [-0.1, -0.05) is 12.1 Å². The Kier molecular flexibility index (Phi) is 5.63. The molecule has 1 aliphatic heterocycles. The molecule has 0 fully saturated rings. The van der Waals surface area contributed by atoms with Crippen molar-refractivity contribution in [2.45, 2.75) is 13.0 Å². The molecule has 1 aliphatic rings. The van der Waals surface area contributed by atoms with Crippen LogP contribution in [0.15, 0.2) is 18.2 Å². The number of benzene rings is 1. The molecule has 0 spiro atoms. The van der Waals surface area contributed by atoms with Gasteiger partial charge in [0.2, 0.25) is 0 Å². The fourth-order valence-electron chi connectivity index (χ4n) is 2.30. The smallest absolute Gasteiger partial charge is 0.122 e. The Bertz CT molecular complexity index is 396. The summed E-state index contributed by atoms with van der Waals surface area (Å²) in [5, 5.41) is 3.36. The maximum atomic E-state index is 5.53. The molecule has 0 amide bonds. The van der Waals surface area contributed by atoms with E-state index in [1.807, 2.05) is 0 Å². The molecular formula is C15H24N2O2. The van der Waals surface area contributed by atoms with Crippen molar-refractivity contribution in [3.05, 3.63) is 29.3 Å². The zero-order valence-corrected chi connectivity index (χ0v) is 11.9. The van der Waals surface area contributed by atoms with E-state index < -0.39 is 0 Å². The average Bonchev–Trinajstić information content (AvgIpc) is 2.86. The second kappa shape index (κ2) is 7.48. The van der Waals surface area contributed by atoms with Crippen molar-refractivity contribution < 1.29 is 9.47 Å². The minimum Gasteiger partial charge on any atom is -0.493 e. The standard InChI is InChI=1S/C15H24N2O2/c1-17(8-6-16-7-10-18-2)12-13-3-4-15-14(11-13)5-9-19-15/h3-4,11,16H,5-10,12H2,1-2H3. The number of ether oxygens (including phenoxy) is 2. The lowest BCUT2D eigenvalue weighted by Gasteiger charge is -2.17. The zero-order valence-electron chi connectivity index (χ0n) is 11.9. The van der Waals surface area contributed by atoms with Crippen molar-refractivity contribution in [1.29, 1.82) is 0 Å². The third-order valence-electron chi connectivity index (χ3n) is 3.36. The van der Waals surface area contributed by atoms with Crippen molar-refractivity contribution in [3.63, 3.8) is 0 Å². The fourth-order valence-corrected chi connectivity index (χ4v) is 2.30. The Morgan fingerprint density at radius 2 is 2.26 bits per heavy atom. The molecule has 1 aromatic carbocycles. The Morgan fingerprint density at radius 3 is 3.11 bits per heavy atom. The molecule has 0 saturated heterocycles. The summed E-state index contributed by atoms with van der Waals surface area (Å²) in [5.41, 5.74) is 2.72. The Balaban J connectivity index is 1.71. The lowest BCUT2D eigenvalue weighted by molar-refractivity contribution is 0.197. The lowest BCUT2D eigenvalue weighted by Crippen LogP contribution is -2.30. The average molecular weight is 264 g/mol. The van der Waals surface area contributed by atoms with Gasteiger partial charge in [0.1, 0.15) is 5.75 Å². The van der Waals surface area contributed by atoms with Crippen LogP contribution in [0.3, 0.4) is 0 Å². The first kappa shape index (κ1) is 14.3. The van der Waals surface area contributed by atoms with Crippen LogP contribution in [-0.2, 0) is 17.7 Å². The van der Waals surface area contributed by atoms with Gasteiger partial charge in [-0.15, -0.1) is 0 Å². The fraction of sp³-hybridized carbons (Fsp3) is 0.600. The number of methoxy groups -OCH3 is 1. The number of nitrogens with one attached hydrogen (secondary N) is 1. The molecule has 0 aliphatic carbocycles. The lowest BCUT2D eigenvalue weighted by atomic mass is 10.1. The maximum Gasteiger partial charge on any atom is 0.122 e. The molecule has 0 aromatic heterocycles. The predicted molar refractivity (Wildman–Crippen MR) is 76.7 cm³/mol. The summed E-state index contributed by atoms with van der Waals surface area (Å²) in [6.45, 7) is 5.54. The van der Waals surface area contributed by atoms with Crippen LogP contribution in [0.5, 0.6) is 5.75 Å². The molecule has 4 heteroatoms. The largest absolute Gasteiger partial charge is 0.493 e. The Hall–Kier alpha value is -1.10. The molecule has 0 unspecified atom stereocenters. The van der Waals surface area contributed by atoms with E-state index in [0.717, 1.165) is 51.6 Å². The van der Waals surface area contributed by atoms with Crippen molar-refractivity contribution >= 4 is 0 Å². The zero-order chi connectivity index (χ0) is 13.5. The van der Waals surface area contributed by atoms with Gasteiger partial charge in [-0.3, -0.25) is 0 Å². The molecule has 0 saturated carbocycles. The number of rotatable bonds is 8. The van der Waals surface area contributed by atoms with E-state index >= 15 is 0 Å². The summed E-state index contributed by atoms with van der Waals surface area (Å²) >= 11 is 0. The van der Waals surface area contributed by atoms with E-state index in [-0.39, 0.29) is 0 Å². The second-order valence-corrected chi connectivity index (χ2v) is 5.02. The summed E-state index contributed by atoms with van der Waals surface area (Å²) in [6.07, 6.45) is 1.05. The number of hydrogen-bond acceptors (Lipinski definition) is 4. The number of likely N-dealkylation sites (N-methyl/N-ethyl adjacent to an activating group) is 1. The van der Waals surface area contributed by atoms with Gasteiger partial charge >= 0.3 is 0 Å². The molecule has 106 valence electrons. The molecule has 1 N–H and O–H groups in total. The van der Waals surface area contributed by atoms with Crippen LogP contribution in [-0.4, -0.2) is 51.9 Å². The van der Waals surface area contributed by atoms with Crippen LogP contribution < -0.4 is 10.1 Å². The molecule has 19 heavy (non-hydrogen) atoms. The summed E-state index contributed by atoms with van der Waals surface area (Å²) in [6, 6.07) is 6.54. The highest BCUT2D eigenvalue weighted by atomic mass is 16.5. The molecule has 1 heterocycles. The Morgan fingerprint density at radius 1 is 1.37 bits per heavy atom. The first-order valence-corrected chi connectivity index (χ1v) is 6.92. The highest BCUT2D eigenvalue weighted by Gasteiger charge is 2.12. The summed E-state index contributed by atoms with van der Waals surface area (Å²) in [5.74, 6) is 1.06.